The number of hydrogen-bond acceptors (Lipinski definition) is 3. The first-order valence-electron chi connectivity index (χ1n) is 8.90. The highest BCUT2D eigenvalue weighted by Gasteiger charge is 2.42. The fourth-order valence-electron chi connectivity index (χ4n) is 4.16. The predicted octanol–water partition coefficient (Wildman–Crippen LogP) is 2.18. The summed E-state index contributed by atoms with van der Waals surface area (Å²) in [7, 11) is -3.40. The van der Waals surface area contributed by atoms with Crippen LogP contribution < -0.4 is 10.0 Å². The lowest BCUT2D eigenvalue weighted by atomic mass is 9.88. The first-order chi connectivity index (χ1) is 11.5. The standard InChI is InChI=1S/C18H24N2O3S/c21-18(17-10-13-1-4-14(17)9-13)19-11-12-2-7-16(8-3-12)24(22,23)20-15-5-6-15/h2-3,7-8,13-15,17,20H,1,4-6,9-11H2,(H,19,21)/t13-,14-,17-/m0/s1. The lowest BCUT2D eigenvalue weighted by Gasteiger charge is -2.20. The second-order valence-electron chi connectivity index (χ2n) is 7.54. The molecule has 0 aromatic heterocycles. The summed E-state index contributed by atoms with van der Waals surface area (Å²) >= 11 is 0. The van der Waals surface area contributed by atoms with E-state index in [1.165, 1.54) is 19.3 Å². The van der Waals surface area contributed by atoms with Crippen LogP contribution >= 0.6 is 0 Å². The molecular weight excluding hydrogens is 324 g/mol. The monoisotopic (exact) mass is 348 g/mol. The summed E-state index contributed by atoms with van der Waals surface area (Å²) in [5, 5.41) is 3.02. The van der Waals surface area contributed by atoms with Gasteiger partial charge in [-0.15, -0.1) is 0 Å². The van der Waals surface area contributed by atoms with Crippen LogP contribution in [0.1, 0.15) is 44.1 Å². The van der Waals surface area contributed by atoms with Gasteiger partial charge in [0.1, 0.15) is 0 Å². The van der Waals surface area contributed by atoms with Crippen molar-refractivity contribution in [2.45, 2.75) is 56.0 Å². The maximum absolute atomic E-state index is 12.3. The number of sulfonamides is 1. The molecule has 2 bridgehead atoms. The van der Waals surface area contributed by atoms with E-state index in [9.17, 15) is 13.2 Å². The van der Waals surface area contributed by atoms with Crippen LogP contribution in [0.25, 0.3) is 0 Å². The zero-order chi connectivity index (χ0) is 16.7. The normalized spacial score (nSPS) is 28.9. The van der Waals surface area contributed by atoms with Crippen LogP contribution in [-0.4, -0.2) is 20.4 Å². The van der Waals surface area contributed by atoms with Gasteiger partial charge in [0.05, 0.1) is 4.90 Å². The van der Waals surface area contributed by atoms with E-state index in [0.717, 1.165) is 30.7 Å². The maximum atomic E-state index is 12.3. The average Bonchev–Trinajstić information content (AvgIpc) is 3.11. The van der Waals surface area contributed by atoms with E-state index in [1.54, 1.807) is 24.3 Å². The van der Waals surface area contributed by atoms with E-state index in [-0.39, 0.29) is 22.8 Å². The molecule has 1 amide bonds. The van der Waals surface area contributed by atoms with Crippen molar-refractivity contribution in [2.75, 3.05) is 0 Å². The minimum Gasteiger partial charge on any atom is -0.352 e. The van der Waals surface area contributed by atoms with Crippen molar-refractivity contribution < 1.29 is 13.2 Å². The molecule has 24 heavy (non-hydrogen) atoms. The van der Waals surface area contributed by atoms with E-state index in [0.29, 0.717) is 12.5 Å². The van der Waals surface area contributed by atoms with E-state index < -0.39 is 10.0 Å². The second kappa shape index (κ2) is 6.15. The summed E-state index contributed by atoms with van der Waals surface area (Å²) in [5.41, 5.74) is 0.928. The van der Waals surface area contributed by atoms with E-state index in [2.05, 4.69) is 10.0 Å². The number of amides is 1. The molecule has 0 radical (unpaired) electrons. The third kappa shape index (κ3) is 3.35. The topological polar surface area (TPSA) is 75.3 Å². The number of hydrogen-bond donors (Lipinski definition) is 2. The van der Waals surface area contributed by atoms with Crippen molar-refractivity contribution in [3.05, 3.63) is 29.8 Å². The Labute approximate surface area is 143 Å². The van der Waals surface area contributed by atoms with Gasteiger partial charge in [0.25, 0.3) is 0 Å². The molecule has 0 unspecified atom stereocenters. The van der Waals surface area contributed by atoms with Crippen LogP contribution in [0.15, 0.2) is 29.2 Å². The van der Waals surface area contributed by atoms with Gasteiger partial charge in [-0.2, -0.15) is 0 Å². The number of nitrogens with one attached hydrogen (secondary N) is 2. The fourth-order valence-corrected chi connectivity index (χ4v) is 5.47. The predicted molar refractivity (Wildman–Crippen MR) is 90.6 cm³/mol. The molecule has 0 spiro atoms. The summed E-state index contributed by atoms with van der Waals surface area (Å²) < 4.78 is 26.9. The Kier molecular flexibility index (Phi) is 4.12. The van der Waals surface area contributed by atoms with Crippen LogP contribution in [0, 0.1) is 17.8 Å². The zero-order valence-electron chi connectivity index (χ0n) is 13.7. The molecule has 1 aromatic rings. The highest BCUT2D eigenvalue weighted by Crippen LogP contribution is 2.48. The van der Waals surface area contributed by atoms with Gasteiger partial charge >= 0.3 is 0 Å². The number of rotatable bonds is 6. The van der Waals surface area contributed by atoms with Gasteiger partial charge in [-0.05, 0) is 61.6 Å². The minimum atomic E-state index is -3.40. The summed E-state index contributed by atoms with van der Waals surface area (Å²) in [6, 6.07) is 6.90. The molecule has 6 heteroatoms. The molecule has 0 saturated heterocycles. The smallest absolute Gasteiger partial charge is 0.240 e. The lowest BCUT2D eigenvalue weighted by molar-refractivity contribution is -0.126. The van der Waals surface area contributed by atoms with Crippen LogP contribution in [-0.2, 0) is 21.4 Å². The number of carbonyl (C=O) groups excluding carboxylic acids is 1. The molecule has 0 heterocycles. The SMILES string of the molecule is O=C(NCc1ccc(S(=O)(=O)NC2CC2)cc1)[C@H]1C[C@H]2CC[C@H]1C2. The van der Waals surface area contributed by atoms with Gasteiger partial charge in [0.2, 0.25) is 15.9 Å². The van der Waals surface area contributed by atoms with Crippen LogP contribution in [0.3, 0.4) is 0 Å². The first-order valence-corrected chi connectivity index (χ1v) is 10.4. The zero-order valence-corrected chi connectivity index (χ0v) is 14.5. The highest BCUT2D eigenvalue weighted by molar-refractivity contribution is 7.89. The molecule has 5 nitrogen and oxygen atoms in total. The van der Waals surface area contributed by atoms with Crippen LogP contribution in [0.4, 0.5) is 0 Å². The Morgan fingerprint density at radius 3 is 2.38 bits per heavy atom. The number of benzene rings is 1. The molecule has 130 valence electrons. The molecule has 2 N–H and O–H groups in total. The van der Waals surface area contributed by atoms with E-state index in [1.807, 2.05) is 0 Å². The quantitative estimate of drug-likeness (QED) is 0.827. The molecule has 3 aliphatic rings. The molecule has 0 aliphatic heterocycles. The first kappa shape index (κ1) is 16.1. The average molecular weight is 348 g/mol. The van der Waals surface area contributed by atoms with Gasteiger partial charge in [-0.1, -0.05) is 18.6 Å². The minimum absolute atomic E-state index is 0.107. The van der Waals surface area contributed by atoms with Crippen molar-refractivity contribution >= 4 is 15.9 Å². The van der Waals surface area contributed by atoms with Gasteiger partial charge in [-0.25, -0.2) is 13.1 Å². The Morgan fingerprint density at radius 1 is 1.04 bits per heavy atom. The Balaban J connectivity index is 1.33. The van der Waals surface area contributed by atoms with Gasteiger partial charge in [-0.3, -0.25) is 4.79 Å². The largest absolute Gasteiger partial charge is 0.352 e. The molecule has 3 saturated carbocycles. The Hall–Kier alpha value is -1.40. The third-order valence-electron chi connectivity index (χ3n) is 5.67. The number of carbonyl (C=O) groups is 1. The van der Waals surface area contributed by atoms with Crippen molar-refractivity contribution in [2.24, 2.45) is 17.8 Å². The molecule has 4 rings (SSSR count). The molecule has 3 atom stereocenters. The Morgan fingerprint density at radius 2 is 1.79 bits per heavy atom. The maximum Gasteiger partial charge on any atom is 0.240 e. The summed E-state index contributed by atoms with van der Waals surface area (Å²) in [6.45, 7) is 0.461. The van der Waals surface area contributed by atoms with Gasteiger partial charge in [0, 0.05) is 18.5 Å². The molecule has 1 aromatic carbocycles. The summed E-state index contributed by atoms with van der Waals surface area (Å²) in [6.07, 6.45) is 6.60. The van der Waals surface area contributed by atoms with E-state index >= 15 is 0 Å². The van der Waals surface area contributed by atoms with E-state index in [4.69, 9.17) is 0 Å². The summed E-state index contributed by atoms with van der Waals surface area (Å²) in [5.74, 6) is 1.69. The van der Waals surface area contributed by atoms with Crippen LogP contribution in [0.2, 0.25) is 0 Å². The Bertz CT molecular complexity index is 725. The van der Waals surface area contributed by atoms with Crippen molar-refractivity contribution in [1.82, 2.24) is 10.0 Å². The van der Waals surface area contributed by atoms with Gasteiger partial charge in [0.15, 0.2) is 0 Å². The number of fused-ring (bicyclic) bond motifs is 2. The van der Waals surface area contributed by atoms with Crippen LogP contribution in [0.5, 0.6) is 0 Å². The van der Waals surface area contributed by atoms with Crippen molar-refractivity contribution in [3.63, 3.8) is 0 Å². The molecular formula is C18H24N2O3S. The third-order valence-corrected chi connectivity index (χ3v) is 7.21. The van der Waals surface area contributed by atoms with Gasteiger partial charge < -0.3 is 5.32 Å². The molecule has 3 aliphatic carbocycles. The summed E-state index contributed by atoms with van der Waals surface area (Å²) in [4.78, 5) is 12.6. The highest BCUT2D eigenvalue weighted by atomic mass is 32.2. The second-order valence-corrected chi connectivity index (χ2v) is 9.25. The van der Waals surface area contributed by atoms with Crippen molar-refractivity contribution in [3.8, 4) is 0 Å². The van der Waals surface area contributed by atoms with Crippen molar-refractivity contribution in [1.29, 1.82) is 0 Å². The lowest BCUT2D eigenvalue weighted by Crippen LogP contribution is -2.33. The fraction of sp³-hybridized carbons (Fsp3) is 0.611. The molecule has 3 fully saturated rings.